The van der Waals surface area contributed by atoms with Crippen molar-refractivity contribution in [2.45, 2.75) is 39.3 Å². The molecular weight excluding hydrogens is 363 g/mol. The summed E-state index contributed by atoms with van der Waals surface area (Å²) in [6.45, 7) is 7.72. The fourth-order valence-corrected chi connectivity index (χ4v) is 2.41. The van der Waals surface area contributed by atoms with Crippen LogP contribution in [0.4, 0.5) is 5.69 Å². The van der Waals surface area contributed by atoms with E-state index >= 15 is 0 Å². The Hall–Kier alpha value is -0.490. The molecule has 0 spiro atoms. The summed E-state index contributed by atoms with van der Waals surface area (Å²) in [5.41, 5.74) is 0.691. The van der Waals surface area contributed by atoms with Crippen LogP contribution in [-0.2, 0) is 4.79 Å². The molecule has 18 heavy (non-hydrogen) atoms. The molecule has 1 aromatic carbocycles. The van der Waals surface area contributed by atoms with Crippen molar-refractivity contribution in [3.8, 4) is 0 Å². The van der Waals surface area contributed by atoms with Gasteiger partial charge in [0, 0.05) is 19.8 Å². The topological polar surface area (TPSA) is 41.1 Å². The molecule has 0 saturated heterocycles. The van der Waals surface area contributed by atoms with Gasteiger partial charge in [0.2, 0.25) is 5.91 Å². The van der Waals surface area contributed by atoms with Gasteiger partial charge in [-0.3, -0.25) is 4.79 Å². The van der Waals surface area contributed by atoms with Gasteiger partial charge in [-0.2, -0.15) is 0 Å². The lowest BCUT2D eigenvalue weighted by atomic mass is 10.1. The van der Waals surface area contributed by atoms with Gasteiger partial charge in [-0.05, 0) is 68.5 Å². The van der Waals surface area contributed by atoms with Gasteiger partial charge in [0.1, 0.15) is 6.04 Å². The second kappa shape index (κ2) is 6.10. The van der Waals surface area contributed by atoms with E-state index in [0.717, 1.165) is 9.26 Å². The van der Waals surface area contributed by atoms with E-state index < -0.39 is 0 Å². The van der Waals surface area contributed by atoms with Crippen LogP contribution in [0, 0.1) is 3.57 Å². The number of rotatable bonds is 3. The van der Waals surface area contributed by atoms with Crippen LogP contribution in [0.25, 0.3) is 0 Å². The van der Waals surface area contributed by atoms with E-state index in [-0.39, 0.29) is 17.5 Å². The zero-order valence-electron chi connectivity index (χ0n) is 11.0. The highest BCUT2D eigenvalue weighted by Crippen LogP contribution is 2.22. The molecule has 0 aliphatic heterocycles. The summed E-state index contributed by atoms with van der Waals surface area (Å²) in [4.78, 5) is 11.9. The lowest BCUT2D eigenvalue weighted by Crippen LogP contribution is -2.47. The van der Waals surface area contributed by atoms with E-state index in [9.17, 15) is 4.79 Å². The summed E-state index contributed by atoms with van der Waals surface area (Å²) in [6, 6.07) is 5.25. The Morgan fingerprint density at radius 1 is 1.39 bits per heavy atom. The average Bonchev–Trinajstić information content (AvgIpc) is 2.19. The molecular formula is C13H18ClIN2O. The maximum Gasteiger partial charge on any atom is 0.242 e. The van der Waals surface area contributed by atoms with Crippen molar-refractivity contribution in [1.82, 2.24) is 5.32 Å². The molecule has 1 unspecified atom stereocenters. The molecule has 0 fully saturated rings. The molecule has 5 heteroatoms. The van der Waals surface area contributed by atoms with E-state index in [1.807, 2.05) is 39.8 Å². The van der Waals surface area contributed by atoms with Crippen LogP contribution in [0.15, 0.2) is 18.2 Å². The Labute approximate surface area is 127 Å². The zero-order valence-corrected chi connectivity index (χ0v) is 13.9. The second-order valence-electron chi connectivity index (χ2n) is 5.23. The Morgan fingerprint density at radius 2 is 2.00 bits per heavy atom. The smallest absolute Gasteiger partial charge is 0.242 e. The lowest BCUT2D eigenvalue weighted by molar-refractivity contribution is -0.122. The van der Waals surface area contributed by atoms with Gasteiger partial charge in [-0.25, -0.2) is 0 Å². The van der Waals surface area contributed by atoms with Crippen LogP contribution in [0.3, 0.4) is 0 Å². The van der Waals surface area contributed by atoms with Gasteiger partial charge in [0.05, 0.1) is 0 Å². The number of hydrogen-bond acceptors (Lipinski definition) is 2. The molecule has 3 nitrogen and oxygen atoms in total. The molecule has 0 bridgehead atoms. The minimum atomic E-state index is -0.293. The van der Waals surface area contributed by atoms with Crippen molar-refractivity contribution in [3.05, 3.63) is 26.8 Å². The van der Waals surface area contributed by atoms with Crippen molar-refractivity contribution in [1.29, 1.82) is 0 Å². The highest BCUT2D eigenvalue weighted by molar-refractivity contribution is 14.1. The second-order valence-corrected chi connectivity index (χ2v) is 6.83. The molecule has 2 N–H and O–H groups in total. The number of hydrogen-bond donors (Lipinski definition) is 2. The van der Waals surface area contributed by atoms with Gasteiger partial charge >= 0.3 is 0 Å². The van der Waals surface area contributed by atoms with Gasteiger partial charge in [-0.1, -0.05) is 11.6 Å². The molecule has 0 saturated carbocycles. The number of carbonyl (C=O) groups is 1. The molecule has 100 valence electrons. The molecule has 0 heterocycles. The third-order valence-electron chi connectivity index (χ3n) is 2.19. The van der Waals surface area contributed by atoms with Crippen LogP contribution in [0.1, 0.15) is 27.7 Å². The van der Waals surface area contributed by atoms with E-state index in [2.05, 4.69) is 33.2 Å². The first kappa shape index (κ1) is 15.6. The quantitative estimate of drug-likeness (QED) is 0.786. The van der Waals surface area contributed by atoms with E-state index in [1.54, 1.807) is 6.07 Å². The Kier molecular flexibility index (Phi) is 5.28. The SMILES string of the molecule is CC(Nc1ccc(Cl)cc1I)C(=O)NC(C)(C)C. The average molecular weight is 381 g/mol. The highest BCUT2D eigenvalue weighted by Gasteiger charge is 2.19. The van der Waals surface area contributed by atoms with Crippen molar-refractivity contribution in [3.63, 3.8) is 0 Å². The predicted octanol–water partition coefficient (Wildman–Crippen LogP) is 3.66. The predicted molar refractivity (Wildman–Crippen MR) is 85.1 cm³/mol. The summed E-state index contributed by atoms with van der Waals surface area (Å²) < 4.78 is 0.996. The highest BCUT2D eigenvalue weighted by atomic mass is 127. The van der Waals surface area contributed by atoms with Gasteiger partial charge in [0.15, 0.2) is 0 Å². The third kappa shape index (κ3) is 5.02. The first-order chi connectivity index (χ1) is 8.19. The van der Waals surface area contributed by atoms with E-state index in [4.69, 9.17) is 11.6 Å². The van der Waals surface area contributed by atoms with Crippen molar-refractivity contribution in [2.75, 3.05) is 5.32 Å². The Balaban J connectivity index is 2.69. The fourth-order valence-electron chi connectivity index (χ4n) is 1.38. The van der Waals surface area contributed by atoms with Crippen molar-refractivity contribution < 1.29 is 4.79 Å². The monoisotopic (exact) mass is 380 g/mol. The molecule has 0 aliphatic rings. The molecule has 0 aromatic heterocycles. The number of nitrogens with one attached hydrogen (secondary N) is 2. The fraction of sp³-hybridized carbons (Fsp3) is 0.462. The third-order valence-corrected chi connectivity index (χ3v) is 3.32. The van der Waals surface area contributed by atoms with Gasteiger partial charge in [-0.15, -0.1) is 0 Å². The van der Waals surface area contributed by atoms with Gasteiger partial charge in [0.25, 0.3) is 0 Å². The number of anilines is 1. The van der Waals surface area contributed by atoms with Crippen LogP contribution in [0.5, 0.6) is 0 Å². The maximum absolute atomic E-state index is 11.9. The normalized spacial score (nSPS) is 13.0. The minimum Gasteiger partial charge on any atom is -0.373 e. The number of benzene rings is 1. The first-order valence-electron chi connectivity index (χ1n) is 5.72. The first-order valence-corrected chi connectivity index (χ1v) is 7.18. The van der Waals surface area contributed by atoms with Crippen LogP contribution >= 0.6 is 34.2 Å². The molecule has 0 aliphatic carbocycles. The number of carbonyl (C=O) groups excluding carboxylic acids is 1. The Bertz CT molecular complexity index is 443. The standard InChI is InChI=1S/C13H18ClIN2O/c1-8(12(18)17-13(2,3)4)16-11-6-5-9(14)7-10(11)15/h5-8,16H,1-4H3,(H,17,18). The van der Waals surface area contributed by atoms with Crippen LogP contribution in [0.2, 0.25) is 5.02 Å². The molecule has 1 aromatic rings. The minimum absolute atomic E-state index is 0.0201. The van der Waals surface area contributed by atoms with Crippen molar-refractivity contribution >= 4 is 45.8 Å². The largest absolute Gasteiger partial charge is 0.373 e. The summed E-state index contributed by atoms with van der Waals surface area (Å²) in [7, 11) is 0. The zero-order chi connectivity index (χ0) is 13.9. The lowest BCUT2D eigenvalue weighted by Gasteiger charge is -2.24. The number of amides is 1. The van der Waals surface area contributed by atoms with Crippen molar-refractivity contribution in [2.24, 2.45) is 0 Å². The Morgan fingerprint density at radius 3 is 2.50 bits per heavy atom. The molecule has 1 rings (SSSR count). The molecule has 1 amide bonds. The molecule has 1 atom stereocenters. The van der Waals surface area contributed by atoms with E-state index in [0.29, 0.717) is 5.02 Å². The number of halogens is 2. The summed E-state index contributed by atoms with van der Waals surface area (Å²) in [5, 5.41) is 6.81. The molecule has 0 radical (unpaired) electrons. The van der Waals surface area contributed by atoms with E-state index in [1.165, 1.54) is 0 Å². The maximum atomic E-state index is 11.9. The van der Waals surface area contributed by atoms with Gasteiger partial charge < -0.3 is 10.6 Å². The van der Waals surface area contributed by atoms with Crippen LogP contribution in [-0.4, -0.2) is 17.5 Å². The summed E-state index contributed by atoms with van der Waals surface area (Å²) in [6.07, 6.45) is 0. The summed E-state index contributed by atoms with van der Waals surface area (Å²) in [5.74, 6) is -0.0201. The van der Waals surface area contributed by atoms with Crippen LogP contribution < -0.4 is 10.6 Å². The summed E-state index contributed by atoms with van der Waals surface area (Å²) >= 11 is 8.08.